The Kier molecular flexibility index (Phi) is 5.18. The zero-order chi connectivity index (χ0) is 22.7. The highest BCUT2D eigenvalue weighted by atomic mass is 32.2. The molecule has 0 N–H and O–H groups in total. The lowest BCUT2D eigenvalue weighted by molar-refractivity contribution is -0.137. The van der Waals surface area contributed by atoms with Gasteiger partial charge in [-0.15, -0.1) is 11.3 Å². The Morgan fingerprint density at radius 3 is 2.53 bits per heavy atom. The van der Waals surface area contributed by atoms with Gasteiger partial charge in [0, 0.05) is 31.1 Å². The molecule has 0 unspecified atom stereocenters. The number of thiophene rings is 1. The molecule has 0 saturated carbocycles. The minimum Gasteiger partial charge on any atom is -0.353 e. The van der Waals surface area contributed by atoms with Crippen molar-refractivity contribution in [3.05, 3.63) is 46.1 Å². The van der Waals surface area contributed by atoms with Gasteiger partial charge in [0.1, 0.15) is 16.5 Å². The first-order chi connectivity index (χ1) is 15.1. The zero-order valence-corrected chi connectivity index (χ0v) is 18.9. The molecule has 1 saturated heterocycles. The highest BCUT2D eigenvalue weighted by Gasteiger charge is 2.34. The van der Waals surface area contributed by atoms with Crippen LogP contribution in [0.5, 0.6) is 0 Å². The maximum atomic E-state index is 13.0. The van der Waals surface area contributed by atoms with Crippen LogP contribution in [-0.2, 0) is 29.0 Å². The number of piperazine rings is 1. The number of hydrogen-bond acceptors (Lipinski definition) is 6. The number of aryl methyl sites for hydroxylation is 3. The number of sulfonamides is 1. The van der Waals surface area contributed by atoms with Crippen molar-refractivity contribution >= 4 is 37.4 Å². The van der Waals surface area contributed by atoms with E-state index in [0.29, 0.717) is 25.0 Å². The van der Waals surface area contributed by atoms with Crippen LogP contribution < -0.4 is 4.90 Å². The van der Waals surface area contributed by atoms with Crippen molar-refractivity contribution < 1.29 is 21.6 Å². The lowest BCUT2D eigenvalue weighted by atomic mass is 10.1. The second-order valence-corrected chi connectivity index (χ2v) is 11.1. The molecule has 3 heterocycles. The lowest BCUT2D eigenvalue weighted by Crippen LogP contribution is -2.49. The fraction of sp³-hybridized carbons (Fsp3) is 0.429. The van der Waals surface area contributed by atoms with Crippen LogP contribution in [0.15, 0.2) is 29.2 Å². The number of hydrogen-bond donors (Lipinski definition) is 0. The SMILES string of the molecule is Cc1nc(N2CCN(S(=O)(=O)c3cccc(C(F)(F)F)c3)CC2)c2c3c(sc2n1)CCC3. The third-order valence-electron chi connectivity index (χ3n) is 5.99. The molecule has 1 aliphatic carbocycles. The summed E-state index contributed by atoms with van der Waals surface area (Å²) in [6, 6.07) is 3.92. The molecule has 2 aromatic heterocycles. The van der Waals surface area contributed by atoms with Crippen LogP contribution in [0.4, 0.5) is 19.0 Å². The van der Waals surface area contributed by atoms with Gasteiger partial charge in [0.2, 0.25) is 10.0 Å². The van der Waals surface area contributed by atoms with Gasteiger partial charge in [-0.05, 0) is 49.9 Å². The average molecular weight is 483 g/mol. The fourth-order valence-electron chi connectivity index (χ4n) is 4.43. The summed E-state index contributed by atoms with van der Waals surface area (Å²) in [5.41, 5.74) is 0.335. The van der Waals surface area contributed by atoms with Crippen molar-refractivity contribution in [2.45, 2.75) is 37.3 Å². The van der Waals surface area contributed by atoms with E-state index in [9.17, 15) is 21.6 Å². The first kappa shape index (κ1) is 21.6. The second kappa shape index (κ2) is 7.67. The van der Waals surface area contributed by atoms with Gasteiger partial charge < -0.3 is 4.90 Å². The van der Waals surface area contributed by atoms with E-state index in [1.54, 1.807) is 11.3 Å². The van der Waals surface area contributed by atoms with Crippen LogP contribution in [0.25, 0.3) is 10.2 Å². The number of benzene rings is 1. The van der Waals surface area contributed by atoms with Crippen molar-refractivity contribution in [1.82, 2.24) is 14.3 Å². The molecule has 1 aliphatic heterocycles. The Bertz CT molecular complexity index is 1300. The molecule has 0 radical (unpaired) electrons. The smallest absolute Gasteiger partial charge is 0.353 e. The predicted molar refractivity (Wildman–Crippen MR) is 117 cm³/mol. The van der Waals surface area contributed by atoms with E-state index in [2.05, 4.69) is 14.9 Å². The van der Waals surface area contributed by atoms with Crippen LogP contribution in [-0.4, -0.2) is 48.9 Å². The first-order valence-electron chi connectivity index (χ1n) is 10.4. The predicted octanol–water partition coefficient (Wildman–Crippen LogP) is 4.02. The first-order valence-corrected chi connectivity index (χ1v) is 12.6. The van der Waals surface area contributed by atoms with E-state index in [0.717, 1.165) is 47.4 Å². The highest BCUT2D eigenvalue weighted by Crippen LogP contribution is 2.41. The maximum Gasteiger partial charge on any atom is 0.416 e. The zero-order valence-electron chi connectivity index (χ0n) is 17.3. The van der Waals surface area contributed by atoms with Gasteiger partial charge in [-0.3, -0.25) is 0 Å². The summed E-state index contributed by atoms with van der Waals surface area (Å²) in [6.07, 6.45) is -1.43. The molecular formula is C21H21F3N4O2S2. The molecule has 2 aliphatic rings. The summed E-state index contributed by atoms with van der Waals surface area (Å²) in [7, 11) is -4.02. The lowest BCUT2D eigenvalue weighted by Gasteiger charge is -2.35. The van der Waals surface area contributed by atoms with E-state index in [4.69, 9.17) is 0 Å². The third kappa shape index (κ3) is 3.65. The summed E-state index contributed by atoms with van der Waals surface area (Å²) in [4.78, 5) is 13.3. The molecule has 11 heteroatoms. The van der Waals surface area contributed by atoms with Gasteiger partial charge >= 0.3 is 6.18 Å². The number of anilines is 1. The Labute approximate surface area is 187 Å². The Hall–Kier alpha value is -2.24. The number of nitrogens with zero attached hydrogens (tertiary/aromatic N) is 4. The molecular weight excluding hydrogens is 461 g/mol. The minimum absolute atomic E-state index is 0.176. The van der Waals surface area contributed by atoms with Crippen LogP contribution in [0.3, 0.4) is 0 Å². The summed E-state index contributed by atoms with van der Waals surface area (Å²) in [5, 5.41) is 1.07. The summed E-state index contributed by atoms with van der Waals surface area (Å²) in [6.45, 7) is 3.02. The molecule has 3 aromatic rings. The molecule has 1 aromatic carbocycles. The van der Waals surface area contributed by atoms with E-state index in [1.165, 1.54) is 20.8 Å². The van der Waals surface area contributed by atoms with Crippen molar-refractivity contribution in [3.63, 3.8) is 0 Å². The number of fused-ring (bicyclic) bond motifs is 3. The Morgan fingerprint density at radius 2 is 1.81 bits per heavy atom. The average Bonchev–Trinajstić information content (AvgIpc) is 3.33. The normalized spacial score (nSPS) is 17.8. The number of halogens is 3. The van der Waals surface area contributed by atoms with Gasteiger partial charge in [-0.25, -0.2) is 18.4 Å². The van der Waals surface area contributed by atoms with Gasteiger partial charge in [0.25, 0.3) is 0 Å². The van der Waals surface area contributed by atoms with Crippen molar-refractivity contribution in [2.24, 2.45) is 0 Å². The summed E-state index contributed by atoms with van der Waals surface area (Å²) < 4.78 is 66.4. The monoisotopic (exact) mass is 482 g/mol. The molecule has 0 amide bonds. The standard InChI is InChI=1S/C21H21F3N4O2S2/c1-13-25-19(18-16-6-3-7-17(16)31-20(18)26-13)27-8-10-28(11-9-27)32(29,30)15-5-2-4-14(12-15)21(22,23)24/h2,4-5,12H,3,6-11H2,1H3. The molecule has 0 spiro atoms. The van der Waals surface area contributed by atoms with Gasteiger partial charge in [0.05, 0.1) is 15.8 Å². The maximum absolute atomic E-state index is 13.0. The van der Waals surface area contributed by atoms with Crippen molar-refractivity contribution in [1.29, 1.82) is 0 Å². The van der Waals surface area contributed by atoms with Crippen molar-refractivity contribution in [3.8, 4) is 0 Å². The minimum atomic E-state index is -4.60. The number of alkyl halides is 3. The molecule has 32 heavy (non-hydrogen) atoms. The third-order valence-corrected chi connectivity index (χ3v) is 9.08. The quantitative estimate of drug-likeness (QED) is 0.564. The van der Waals surface area contributed by atoms with E-state index < -0.39 is 21.8 Å². The molecule has 170 valence electrons. The molecule has 0 atom stereocenters. The molecule has 1 fully saturated rings. The van der Waals surface area contributed by atoms with Gasteiger partial charge in [-0.1, -0.05) is 6.07 Å². The fourth-order valence-corrected chi connectivity index (χ4v) is 7.20. The van der Waals surface area contributed by atoms with Crippen LogP contribution in [0.1, 0.15) is 28.2 Å². The largest absolute Gasteiger partial charge is 0.416 e. The van der Waals surface area contributed by atoms with Crippen LogP contribution in [0, 0.1) is 6.92 Å². The van der Waals surface area contributed by atoms with Gasteiger partial charge in [0.15, 0.2) is 0 Å². The highest BCUT2D eigenvalue weighted by molar-refractivity contribution is 7.89. The Balaban J connectivity index is 1.40. The number of rotatable bonds is 3. The van der Waals surface area contributed by atoms with Gasteiger partial charge in [-0.2, -0.15) is 17.5 Å². The summed E-state index contributed by atoms with van der Waals surface area (Å²) >= 11 is 1.71. The van der Waals surface area contributed by atoms with Crippen LogP contribution >= 0.6 is 11.3 Å². The molecule has 6 nitrogen and oxygen atoms in total. The summed E-state index contributed by atoms with van der Waals surface area (Å²) in [5.74, 6) is 1.51. The Morgan fingerprint density at radius 1 is 1.06 bits per heavy atom. The number of aromatic nitrogens is 2. The van der Waals surface area contributed by atoms with E-state index >= 15 is 0 Å². The van der Waals surface area contributed by atoms with E-state index in [1.807, 2.05) is 6.92 Å². The second-order valence-electron chi connectivity index (χ2n) is 8.05. The molecule has 0 bridgehead atoms. The topological polar surface area (TPSA) is 66.4 Å². The molecule has 5 rings (SSSR count). The van der Waals surface area contributed by atoms with Crippen molar-refractivity contribution in [2.75, 3.05) is 31.1 Å². The van der Waals surface area contributed by atoms with Crippen LogP contribution in [0.2, 0.25) is 0 Å². The van der Waals surface area contributed by atoms with E-state index in [-0.39, 0.29) is 18.0 Å².